The molecule has 0 aliphatic carbocycles. The smallest absolute Gasteiger partial charge is 0.240 e. The Morgan fingerprint density at radius 3 is 2.56 bits per heavy atom. The van der Waals surface area contributed by atoms with Gasteiger partial charge in [-0.1, -0.05) is 31.2 Å². The van der Waals surface area contributed by atoms with Crippen molar-refractivity contribution in [3.8, 4) is 0 Å². The van der Waals surface area contributed by atoms with E-state index in [1.807, 2.05) is 18.2 Å². The molecule has 0 radical (unpaired) electrons. The molecule has 7 nitrogen and oxygen atoms in total. The normalized spacial score (nSPS) is 12.1. The predicted octanol–water partition coefficient (Wildman–Crippen LogP) is 2.10. The molecular weight excluding hydrogens is 364 g/mol. The summed E-state index contributed by atoms with van der Waals surface area (Å²) in [7, 11) is -2.01. The molecular formula is C19H26N4O3S. The maximum atomic E-state index is 12.1. The molecule has 8 heteroatoms. The van der Waals surface area contributed by atoms with Crippen LogP contribution in [0.15, 0.2) is 58.4 Å². The summed E-state index contributed by atoms with van der Waals surface area (Å²) < 4.78 is 31.5. The van der Waals surface area contributed by atoms with E-state index < -0.39 is 10.0 Å². The zero-order valence-corrected chi connectivity index (χ0v) is 16.4. The van der Waals surface area contributed by atoms with Crippen LogP contribution in [0.2, 0.25) is 0 Å². The van der Waals surface area contributed by atoms with Crippen LogP contribution in [-0.4, -0.2) is 34.6 Å². The molecule has 27 heavy (non-hydrogen) atoms. The van der Waals surface area contributed by atoms with Gasteiger partial charge >= 0.3 is 0 Å². The Kier molecular flexibility index (Phi) is 7.78. The SMILES string of the molecule is CCc1cccc(NC(N)=NCc2ccc(S(=O)(=O)NCCOC)cc2)c1. The van der Waals surface area contributed by atoms with Gasteiger partial charge in [0.05, 0.1) is 18.0 Å². The van der Waals surface area contributed by atoms with Crippen molar-refractivity contribution in [1.82, 2.24) is 4.72 Å². The Labute approximate surface area is 160 Å². The lowest BCUT2D eigenvalue weighted by Gasteiger charge is -2.08. The Hall–Kier alpha value is -2.42. The number of benzene rings is 2. The lowest BCUT2D eigenvalue weighted by molar-refractivity contribution is 0.204. The number of nitrogens with two attached hydrogens (primary N) is 1. The average molecular weight is 391 g/mol. The first kappa shape index (κ1) is 20.9. The highest BCUT2D eigenvalue weighted by molar-refractivity contribution is 7.89. The number of hydrogen-bond acceptors (Lipinski definition) is 4. The first-order chi connectivity index (χ1) is 12.9. The number of nitrogens with one attached hydrogen (secondary N) is 2. The number of aryl methyl sites for hydroxylation is 1. The van der Waals surface area contributed by atoms with Crippen molar-refractivity contribution in [2.45, 2.75) is 24.8 Å². The van der Waals surface area contributed by atoms with Gasteiger partial charge in [-0.3, -0.25) is 0 Å². The van der Waals surface area contributed by atoms with Gasteiger partial charge in [-0.15, -0.1) is 0 Å². The predicted molar refractivity (Wildman–Crippen MR) is 108 cm³/mol. The largest absolute Gasteiger partial charge is 0.383 e. The van der Waals surface area contributed by atoms with Crippen LogP contribution in [0.25, 0.3) is 0 Å². The van der Waals surface area contributed by atoms with Crippen molar-refractivity contribution in [3.05, 3.63) is 59.7 Å². The molecule has 2 aromatic rings. The topological polar surface area (TPSA) is 106 Å². The third kappa shape index (κ3) is 6.67. The van der Waals surface area contributed by atoms with E-state index >= 15 is 0 Å². The molecule has 2 aromatic carbocycles. The van der Waals surface area contributed by atoms with Crippen molar-refractivity contribution in [2.24, 2.45) is 10.7 Å². The Balaban J connectivity index is 1.96. The van der Waals surface area contributed by atoms with E-state index in [9.17, 15) is 8.42 Å². The third-order valence-electron chi connectivity index (χ3n) is 3.87. The first-order valence-corrected chi connectivity index (χ1v) is 10.2. The summed E-state index contributed by atoms with van der Waals surface area (Å²) in [6, 6.07) is 14.5. The second-order valence-electron chi connectivity index (χ2n) is 5.91. The van der Waals surface area contributed by atoms with Crippen LogP contribution in [0.1, 0.15) is 18.1 Å². The van der Waals surface area contributed by atoms with Crippen LogP contribution in [0.4, 0.5) is 5.69 Å². The van der Waals surface area contributed by atoms with Gasteiger partial charge < -0.3 is 15.8 Å². The van der Waals surface area contributed by atoms with Crippen molar-refractivity contribution in [1.29, 1.82) is 0 Å². The van der Waals surface area contributed by atoms with Crippen LogP contribution in [0.3, 0.4) is 0 Å². The summed E-state index contributed by atoms with van der Waals surface area (Å²) >= 11 is 0. The van der Waals surface area contributed by atoms with Crippen LogP contribution in [0, 0.1) is 0 Å². The third-order valence-corrected chi connectivity index (χ3v) is 5.35. The van der Waals surface area contributed by atoms with Crippen molar-refractivity contribution < 1.29 is 13.2 Å². The number of aliphatic imine (C=N–C) groups is 1. The van der Waals surface area contributed by atoms with E-state index in [1.165, 1.54) is 12.7 Å². The molecule has 2 rings (SSSR count). The standard InChI is InChI=1S/C19H26N4O3S/c1-3-15-5-4-6-17(13-15)23-19(20)21-14-16-7-9-18(10-8-16)27(24,25)22-11-12-26-2/h4-10,13,22H,3,11-12,14H2,1-2H3,(H3,20,21,23). The number of methoxy groups -OCH3 is 1. The average Bonchev–Trinajstić information content (AvgIpc) is 2.67. The molecule has 4 N–H and O–H groups in total. The van der Waals surface area contributed by atoms with Gasteiger partial charge in [0.1, 0.15) is 0 Å². The first-order valence-electron chi connectivity index (χ1n) is 8.68. The molecule has 0 amide bonds. The Bertz CT molecular complexity index is 865. The molecule has 0 aliphatic rings. The molecule has 0 unspecified atom stereocenters. The summed E-state index contributed by atoms with van der Waals surface area (Å²) in [4.78, 5) is 4.50. The molecule has 0 aliphatic heterocycles. The summed E-state index contributed by atoms with van der Waals surface area (Å²) in [5.41, 5.74) is 8.89. The van der Waals surface area contributed by atoms with Gasteiger partial charge in [0.15, 0.2) is 5.96 Å². The molecule has 0 heterocycles. The van der Waals surface area contributed by atoms with Gasteiger partial charge in [0.2, 0.25) is 10.0 Å². The number of ether oxygens (including phenoxy) is 1. The molecule has 0 bridgehead atoms. The van der Waals surface area contributed by atoms with Gasteiger partial charge in [0.25, 0.3) is 0 Å². The summed E-state index contributed by atoms with van der Waals surface area (Å²) in [6.45, 7) is 2.99. The molecule has 146 valence electrons. The number of hydrogen-bond donors (Lipinski definition) is 3. The quantitative estimate of drug-likeness (QED) is 0.345. The van der Waals surface area contributed by atoms with Gasteiger partial charge in [0, 0.05) is 19.3 Å². The van der Waals surface area contributed by atoms with Crippen LogP contribution in [0.5, 0.6) is 0 Å². The van der Waals surface area contributed by atoms with Gasteiger partial charge in [-0.05, 0) is 41.8 Å². The minimum atomic E-state index is -3.53. The molecule has 0 atom stereocenters. The van der Waals surface area contributed by atoms with Crippen LogP contribution >= 0.6 is 0 Å². The molecule has 0 fully saturated rings. The van der Waals surface area contributed by atoms with E-state index in [4.69, 9.17) is 10.5 Å². The number of guanidine groups is 1. The van der Waals surface area contributed by atoms with E-state index in [1.54, 1.807) is 24.3 Å². The maximum Gasteiger partial charge on any atom is 0.240 e. The summed E-state index contributed by atoms with van der Waals surface area (Å²) in [5, 5.41) is 3.06. The number of anilines is 1. The fraction of sp³-hybridized carbons (Fsp3) is 0.316. The second kappa shape index (κ2) is 10.1. The van der Waals surface area contributed by atoms with Crippen molar-refractivity contribution >= 4 is 21.7 Å². The highest BCUT2D eigenvalue weighted by Gasteiger charge is 2.12. The molecule has 0 saturated heterocycles. The second-order valence-corrected chi connectivity index (χ2v) is 7.68. The van der Waals surface area contributed by atoms with Crippen LogP contribution in [-0.2, 0) is 27.7 Å². The maximum absolute atomic E-state index is 12.1. The zero-order valence-electron chi connectivity index (χ0n) is 15.6. The molecule has 0 spiro atoms. The fourth-order valence-electron chi connectivity index (χ4n) is 2.37. The van der Waals surface area contributed by atoms with Crippen molar-refractivity contribution in [2.75, 3.05) is 25.6 Å². The van der Waals surface area contributed by atoms with Crippen LogP contribution < -0.4 is 15.8 Å². The highest BCUT2D eigenvalue weighted by atomic mass is 32.2. The van der Waals surface area contributed by atoms with Gasteiger partial charge in [-0.2, -0.15) is 0 Å². The van der Waals surface area contributed by atoms with E-state index in [2.05, 4.69) is 28.0 Å². The van der Waals surface area contributed by atoms with E-state index in [-0.39, 0.29) is 11.4 Å². The number of nitrogens with zero attached hydrogens (tertiary/aromatic N) is 1. The summed E-state index contributed by atoms with van der Waals surface area (Å²) in [6.07, 6.45) is 0.947. The van der Waals surface area contributed by atoms with Crippen molar-refractivity contribution in [3.63, 3.8) is 0 Å². The minimum absolute atomic E-state index is 0.203. The Morgan fingerprint density at radius 2 is 1.89 bits per heavy atom. The molecule has 0 aromatic heterocycles. The minimum Gasteiger partial charge on any atom is -0.383 e. The lowest BCUT2D eigenvalue weighted by Crippen LogP contribution is -2.27. The zero-order chi connectivity index (χ0) is 19.7. The summed E-state index contributed by atoms with van der Waals surface area (Å²) in [5.74, 6) is 0.307. The lowest BCUT2D eigenvalue weighted by atomic mass is 10.1. The van der Waals surface area contributed by atoms with E-state index in [0.29, 0.717) is 19.1 Å². The van der Waals surface area contributed by atoms with E-state index in [0.717, 1.165) is 17.7 Å². The number of rotatable bonds is 9. The Morgan fingerprint density at radius 1 is 1.15 bits per heavy atom. The number of sulfonamides is 1. The highest BCUT2D eigenvalue weighted by Crippen LogP contribution is 2.12. The van der Waals surface area contributed by atoms with Gasteiger partial charge in [-0.25, -0.2) is 18.1 Å². The molecule has 0 saturated carbocycles. The fourth-order valence-corrected chi connectivity index (χ4v) is 3.38. The monoisotopic (exact) mass is 390 g/mol.